The van der Waals surface area contributed by atoms with Crippen LogP contribution in [0.25, 0.3) is 0 Å². The molecule has 1 saturated heterocycles. The minimum atomic E-state index is -0.896. The van der Waals surface area contributed by atoms with Crippen LogP contribution in [0.5, 0.6) is 0 Å². The third-order valence-electron chi connectivity index (χ3n) is 4.18. The number of hydrogen-bond donors (Lipinski definition) is 2. The van der Waals surface area contributed by atoms with Gasteiger partial charge >= 0.3 is 5.97 Å². The second-order valence-electron chi connectivity index (χ2n) is 5.98. The maximum Gasteiger partial charge on any atom is 0.320 e. The molecule has 0 bridgehead atoms. The third kappa shape index (κ3) is 5.06. The quantitative estimate of drug-likeness (QED) is 0.718. The van der Waals surface area contributed by atoms with E-state index in [4.69, 9.17) is 5.73 Å². The van der Waals surface area contributed by atoms with E-state index in [1.807, 2.05) is 30.3 Å². The predicted octanol–water partition coefficient (Wildman–Crippen LogP) is 0.440. The van der Waals surface area contributed by atoms with Gasteiger partial charge in [0.1, 0.15) is 6.04 Å². The first-order valence-electron chi connectivity index (χ1n) is 8.04. The first-order valence-corrected chi connectivity index (χ1v) is 8.04. The number of aliphatic carboxylic acids is 1. The lowest BCUT2D eigenvalue weighted by atomic mass is 10.2. The standard InChI is InChI=1S/C17H23N3O4/c18-15(21)8-10-20(11-13-5-2-1-3-6-13)16(22)12-19-9-4-7-14(19)17(23)24/h1-3,5-6,14H,4,7-12H2,(H2,18,21)(H,23,24)/t14-/m0/s1. The smallest absolute Gasteiger partial charge is 0.320 e. The molecule has 1 fully saturated rings. The number of amides is 2. The molecule has 0 radical (unpaired) electrons. The van der Waals surface area contributed by atoms with Crippen molar-refractivity contribution in [1.29, 1.82) is 0 Å². The molecule has 3 N–H and O–H groups in total. The fourth-order valence-corrected chi connectivity index (χ4v) is 2.91. The van der Waals surface area contributed by atoms with Gasteiger partial charge in [0.2, 0.25) is 11.8 Å². The Kier molecular flexibility index (Phi) is 6.31. The second-order valence-corrected chi connectivity index (χ2v) is 5.98. The van der Waals surface area contributed by atoms with Crippen molar-refractivity contribution in [1.82, 2.24) is 9.80 Å². The first-order chi connectivity index (χ1) is 11.5. The van der Waals surface area contributed by atoms with E-state index in [0.717, 1.165) is 12.0 Å². The number of likely N-dealkylation sites (tertiary alicyclic amines) is 1. The lowest BCUT2D eigenvalue weighted by Crippen LogP contribution is -2.45. The molecule has 0 aromatic heterocycles. The number of hydrogen-bond acceptors (Lipinski definition) is 4. The Bertz CT molecular complexity index is 591. The molecule has 1 aromatic carbocycles. The van der Waals surface area contributed by atoms with Crippen LogP contribution in [0, 0.1) is 0 Å². The lowest BCUT2D eigenvalue weighted by Gasteiger charge is -2.27. The van der Waals surface area contributed by atoms with Gasteiger partial charge in [0, 0.05) is 19.5 Å². The largest absolute Gasteiger partial charge is 0.480 e. The fraction of sp³-hybridized carbons (Fsp3) is 0.471. The minimum absolute atomic E-state index is 0.0442. The van der Waals surface area contributed by atoms with Crippen molar-refractivity contribution in [2.45, 2.75) is 31.8 Å². The van der Waals surface area contributed by atoms with E-state index < -0.39 is 17.9 Å². The number of carboxylic acid groups (broad SMARTS) is 1. The van der Waals surface area contributed by atoms with Crippen LogP contribution < -0.4 is 5.73 Å². The summed E-state index contributed by atoms with van der Waals surface area (Å²) in [5, 5.41) is 9.22. The summed E-state index contributed by atoms with van der Waals surface area (Å²) in [6.45, 7) is 1.24. The molecule has 130 valence electrons. The molecule has 1 atom stereocenters. The molecule has 2 rings (SSSR count). The molecular formula is C17H23N3O4. The van der Waals surface area contributed by atoms with E-state index in [1.54, 1.807) is 9.80 Å². The zero-order valence-electron chi connectivity index (χ0n) is 13.6. The van der Waals surface area contributed by atoms with Crippen LogP contribution in [0.3, 0.4) is 0 Å². The number of carbonyl (C=O) groups excluding carboxylic acids is 2. The van der Waals surface area contributed by atoms with Crippen molar-refractivity contribution in [2.24, 2.45) is 5.73 Å². The molecule has 0 aliphatic carbocycles. The van der Waals surface area contributed by atoms with E-state index in [9.17, 15) is 19.5 Å². The van der Waals surface area contributed by atoms with E-state index >= 15 is 0 Å². The Balaban J connectivity index is 2.03. The summed E-state index contributed by atoms with van der Waals surface area (Å²) >= 11 is 0. The minimum Gasteiger partial charge on any atom is -0.480 e. The number of carboxylic acids is 1. The van der Waals surface area contributed by atoms with Crippen LogP contribution in [0.1, 0.15) is 24.8 Å². The third-order valence-corrected chi connectivity index (χ3v) is 4.18. The number of nitrogens with two attached hydrogens (primary N) is 1. The summed E-state index contributed by atoms with van der Waals surface area (Å²) in [4.78, 5) is 38.2. The van der Waals surface area contributed by atoms with Crippen LogP contribution in [0.2, 0.25) is 0 Å². The van der Waals surface area contributed by atoms with Crippen molar-refractivity contribution in [3.05, 3.63) is 35.9 Å². The maximum absolute atomic E-state index is 12.6. The molecule has 1 aromatic rings. The number of carbonyl (C=O) groups is 3. The normalized spacial score (nSPS) is 17.6. The average molecular weight is 333 g/mol. The van der Waals surface area contributed by atoms with Gasteiger partial charge in [0.15, 0.2) is 0 Å². The Morgan fingerprint density at radius 2 is 1.96 bits per heavy atom. The van der Waals surface area contributed by atoms with Gasteiger partial charge in [0.05, 0.1) is 6.54 Å². The molecule has 0 saturated carbocycles. The number of nitrogens with zero attached hydrogens (tertiary/aromatic N) is 2. The van der Waals surface area contributed by atoms with Gasteiger partial charge in [-0.15, -0.1) is 0 Å². The molecular weight excluding hydrogens is 310 g/mol. The van der Waals surface area contributed by atoms with Gasteiger partial charge < -0.3 is 15.7 Å². The zero-order valence-corrected chi connectivity index (χ0v) is 13.6. The molecule has 7 nitrogen and oxygen atoms in total. The maximum atomic E-state index is 12.6. The lowest BCUT2D eigenvalue weighted by molar-refractivity contribution is -0.143. The molecule has 1 aliphatic rings. The average Bonchev–Trinajstić information content (AvgIpc) is 3.00. The van der Waals surface area contributed by atoms with E-state index in [-0.39, 0.29) is 25.4 Å². The summed E-state index contributed by atoms with van der Waals surface area (Å²) < 4.78 is 0. The van der Waals surface area contributed by atoms with Crippen LogP contribution >= 0.6 is 0 Å². The van der Waals surface area contributed by atoms with Gasteiger partial charge in [-0.3, -0.25) is 19.3 Å². The fourth-order valence-electron chi connectivity index (χ4n) is 2.91. The molecule has 1 heterocycles. The van der Waals surface area contributed by atoms with Crippen molar-refractivity contribution >= 4 is 17.8 Å². The Morgan fingerprint density at radius 3 is 2.58 bits per heavy atom. The van der Waals surface area contributed by atoms with E-state index in [0.29, 0.717) is 19.5 Å². The van der Waals surface area contributed by atoms with Crippen molar-refractivity contribution in [3.8, 4) is 0 Å². The summed E-state index contributed by atoms with van der Waals surface area (Å²) in [6, 6.07) is 8.85. The van der Waals surface area contributed by atoms with E-state index in [2.05, 4.69) is 0 Å². The highest BCUT2D eigenvalue weighted by molar-refractivity contribution is 5.81. The van der Waals surface area contributed by atoms with Crippen LogP contribution in [-0.2, 0) is 20.9 Å². The Hall–Kier alpha value is -2.41. The predicted molar refractivity (Wildman–Crippen MR) is 87.9 cm³/mol. The van der Waals surface area contributed by atoms with Gasteiger partial charge in [-0.05, 0) is 24.9 Å². The summed E-state index contributed by atoms with van der Waals surface area (Å²) in [5.41, 5.74) is 6.15. The summed E-state index contributed by atoms with van der Waals surface area (Å²) in [6.07, 6.45) is 1.41. The van der Waals surface area contributed by atoms with Crippen molar-refractivity contribution < 1.29 is 19.5 Å². The molecule has 2 amide bonds. The topological polar surface area (TPSA) is 104 Å². The SMILES string of the molecule is NC(=O)CCN(Cc1ccccc1)C(=O)CN1CCC[C@H]1C(=O)O. The van der Waals surface area contributed by atoms with Gasteiger partial charge in [-0.2, -0.15) is 0 Å². The highest BCUT2D eigenvalue weighted by Crippen LogP contribution is 2.17. The summed E-state index contributed by atoms with van der Waals surface area (Å²) in [5.74, 6) is -1.55. The van der Waals surface area contributed by atoms with Gasteiger partial charge in [-0.1, -0.05) is 30.3 Å². The van der Waals surface area contributed by atoms with Crippen LogP contribution in [-0.4, -0.2) is 58.4 Å². The number of benzene rings is 1. The monoisotopic (exact) mass is 333 g/mol. The second kappa shape index (κ2) is 8.44. The van der Waals surface area contributed by atoms with Gasteiger partial charge in [-0.25, -0.2) is 0 Å². The zero-order chi connectivity index (χ0) is 17.5. The Labute approximate surface area is 141 Å². The van der Waals surface area contributed by atoms with E-state index in [1.165, 1.54) is 0 Å². The Morgan fingerprint density at radius 1 is 1.25 bits per heavy atom. The first kappa shape index (κ1) is 17.9. The molecule has 7 heteroatoms. The number of primary amides is 1. The van der Waals surface area contributed by atoms with Crippen LogP contribution in [0.15, 0.2) is 30.3 Å². The van der Waals surface area contributed by atoms with Gasteiger partial charge in [0.25, 0.3) is 0 Å². The summed E-state index contributed by atoms with van der Waals surface area (Å²) in [7, 11) is 0. The van der Waals surface area contributed by atoms with Crippen molar-refractivity contribution in [3.63, 3.8) is 0 Å². The highest BCUT2D eigenvalue weighted by Gasteiger charge is 2.32. The molecule has 1 aliphatic heterocycles. The molecule has 24 heavy (non-hydrogen) atoms. The van der Waals surface area contributed by atoms with Crippen LogP contribution in [0.4, 0.5) is 0 Å². The highest BCUT2D eigenvalue weighted by atomic mass is 16.4. The molecule has 0 spiro atoms. The number of rotatable bonds is 8. The molecule has 0 unspecified atom stereocenters. The van der Waals surface area contributed by atoms with Crippen molar-refractivity contribution in [2.75, 3.05) is 19.6 Å².